The molecular formula is C22H23N3O5S. The standard InChI is InChI=1S/C22H23N3O5S/c23-13-16-6-8-18(9-7-16)24-22(21(29)30,11-10-19(26)27)25-20(28)17(14-31)12-15-4-2-1-3-5-15/h1-9,17,24,31H,10-12,14H2,(H,25,28)(H,26,27)(H,29,30). The van der Waals surface area contributed by atoms with Gasteiger partial charge in [-0.3, -0.25) is 9.59 Å². The fourth-order valence-electron chi connectivity index (χ4n) is 2.99. The maximum Gasteiger partial charge on any atom is 0.350 e. The van der Waals surface area contributed by atoms with E-state index in [1.165, 1.54) is 24.3 Å². The maximum absolute atomic E-state index is 13.0. The lowest BCUT2D eigenvalue weighted by Crippen LogP contribution is -2.61. The lowest BCUT2D eigenvalue weighted by Gasteiger charge is -2.33. The Morgan fingerprint density at radius 1 is 1.06 bits per heavy atom. The number of benzene rings is 2. The Bertz CT molecular complexity index is 959. The van der Waals surface area contributed by atoms with Crippen LogP contribution in [0.25, 0.3) is 0 Å². The van der Waals surface area contributed by atoms with Gasteiger partial charge in [0.05, 0.1) is 17.6 Å². The normalized spacial score (nSPS) is 13.3. The SMILES string of the molecule is N#Cc1ccc(NC(CCC(=O)O)(NC(=O)C(CS)Cc2ccccc2)C(=O)O)cc1. The van der Waals surface area contributed by atoms with E-state index in [0.717, 1.165) is 5.56 Å². The van der Waals surface area contributed by atoms with E-state index in [4.69, 9.17) is 10.4 Å². The van der Waals surface area contributed by atoms with Gasteiger partial charge in [-0.25, -0.2) is 4.79 Å². The van der Waals surface area contributed by atoms with E-state index in [2.05, 4.69) is 23.3 Å². The summed E-state index contributed by atoms with van der Waals surface area (Å²) >= 11 is 4.24. The number of amides is 1. The maximum atomic E-state index is 13.0. The van der Waals surface area contributed by atoms with Crippen molar-refractivity contribution in [3.63, 3.8) is 0 Å². The molecule has 0 saturated heterocycles. The minimum atomic E-state index is -2.05. The van der Waals surface area contributed by atoms with Crippen LogP contribution in [0.4, 0.5) is 5.69 Å². The lowest BCUT2D eigenvalue weighted by molar-refractivity contribution is -0.148. The van der Waals surface area contributed by atoms with E-state index in [1.807, 2.05) is 36.4 Å². The van der Waals surface area contributed by atoms with E-state index in [0.29, 0.717) is 17.7 Å². The van der Waals surface area contributed by atoms with Crippen LogP contribution in [0, 0.1) is 17.2 Å². The third-order valence-electron chi connectivity index (χ3n) is 4.70. The Morgan fingerprint density at radius 2 is 1.71 bits per heavy atom. The van der Waals surface area contributed by atoms with Gasteiger partial charge in [-0.2, -0.15) is 17.9 Å². The van der Waals surface area contributed by atoms with Crippen molar-refractivity contribution in [1.82, 2.24) is 5.32 Å². The molecule has 0 aliphatic heterocycles. The van der Waals surface area contributed by atoms with E-state index < -0.39 is 42.3 Å². The first kappa shape index (κ1) is 23.8. The van der Waals surface area contributed by atoms with Crippen LogP contribution >= 0.6 is 12.6 Å². The zero-order valence-corrected chi connectivity index (χ0v) is 17.5. The molecule has 2 aromatic carbocycles. The molecule has 0 aromatic heterocycles. The van der Waals surface area contributed by atoms with Crippen LogP contribution in [-0.2, 0) is 20.8 Å². The highest BCUT2D eigenvalue weighted by Crippen LogP contribution is 2.21. The van der Waals surface area contributed by atoms with Crippen LogP contribution in [0.5, 0.6) is 0 Å². The fraction of sp³-hybridized carbons (Fsp3) is 0.273. The second-order valence-electron chi connectivity index (χ2n) is 6.98. The fourth-order valence-corrected chi connectivity index (χ4v) is 3.29. The summed E-state index contributed by atoms with van der Waals surface area (Å²) in [7, 11) is 0. The average molecular weight is 442 g/mol. The van der Waals surface area contributed by atoms with Crippen molar-refractivity contribution in [3.8, 4) is 6.07 Å². The number of carboxylic acid groups (broad SMARTS) is 2. The summed E-state index contributed by atoms with van der Waals surface area (Å²) < 4.78 is 0. The van der Waals surface area contributed by atoms with Gasteiger partial charge in [0, 0.05) is 24.3 Å². The predicted octanol–water partition coefficient (Wildman–Crippen LogP) is 2.52. The molecule has 2 unspecified atom stereocenters. The molecule has 4 N–H and O–H groups in total. The van der Waals surface area contributed by atoms with Crippen molar-refractivity contribution in [3.05, 3.63) is 65.7 Å². The molecule has 0 aliphatic rings. The van der Waals surface area contributed by atoms with Gasteiger partial charge in [0.15, 0.2) is 0 Å². The molecule has 162 valence electrons. The Labute approximate surface area is 185 Å². The monoisotopic (exact) mass is 441 g/mol. The first-order valence-corrected chi connectivity index (χ1v) is 10.1. The highest BCUT2D eigenvalue weighted by molar-refractivity contribution is 7.80. The van der Waals surface area contributed by atoms with Crippen molar-refractivity contribution in [2.45, 2.75) is 24.9 Å². The number of nitrogens with zero attached hydrogens (tertiary/aromatic N) is 1. The molecule has 2 aromatic rings. The number of thiol groups is 1. The van der Waals surface area contributed by atoms with Crippen molar-refractivity contribution in [1.29, 1.82) is 5.26 Å². The molecule has 0 heterocycles. The van der Waals surface area contributed by atoms with E-state index in [-0.39, 0.29) is 5.75 Å². The Morgan fingerprint density at radius 3 is 2.23 bits per heavy atom. The molecular weight excluding hydrogens is 418 g/mol. The van der Waals surface area contributed by atoms with Crippen molar-refractivity contribution >= 4 is 36.2 Å². The molecule has 0 saturated carbocycles. The third kappa shape index (κ3) is 6.76. The number of anilines is 1. The smallest absolute Gasteiger partial charge is 0.350 e. The number of hydrogen-bond donors (Lipinski definition) is 5. The topological polar surface area (TPSA) is 140 Å². The quantitative estimate of drug-likeness (QED) is 0.267. The van der Waals surface area contributed by atoms with Crippen molar-refractivity contribution < 1.29 is 24.6 Å². The largest absolute Gasteiger partial charge is 0.481 e. The van der Waals surface area contributed by atoms with Gasteiger partial charge in [-0.15, -0.1) is 0 Å². The molecule has 31 heavy (non-hydrogen) atoms. The molecule has 0 radical (unpaired) electrons. The van der Waals surface area contributed by atoms with Crippen LogP contribution in [0.2, 0.25) is 0 Å². The first-order chi connectivity index (χ1) is 14.8. The summed E-state index contributed by atoms with van der Waals surface area (Å²) in [6.07, 6.45) is -0.532. The molecule has 8 nitrogen and oxygen atoms in total. The van der Waals surface area contributed by atoms with E-state index in [1.54, 1.807) is 0 Å². The van der Waals surface area contributed by atoms with Crippen LogP contribution in [-0.4, -0.2) is 39.5 Å². The molecule has 1 amide bonds. The number of carbonyl (C=O) groups is 3. The highest BCUT2D eigenvalue weighted by atomic mass is 32.1. The second-order valence-corrected chi connectivity index (χ2v) is 7.34. The summed E-state index contributed by atoms with van der Waals surface area (Å²) in [5.74, 6) is -3.64. The minimum absolute atomic E-state index is 0.173. The zero-order valence-electron chi connectivity index (χ0n) is 16.6. The summed E-state index contributed by atoms with van der Waals surface area (Å²) in [4.78, 5) is 36.3. The highest BCUT2D eigenvalue weighted by Gasteiger charge is 2.41. The van der Waals surface area contributed by atoms with Gasteiger partial charge < -0.3 is 20.8 Å². The van der Waals surface area contributed by atoms with Gasteiger partial charge in [-0.05, 0) is 36.2 Å². The molecule has 0 aliphatic carbocycles. The summed E-state index contributed by atoms with van der Waals surface area (Å²) in [5.41, 5.74) is -0.471. The Kier molecular flexibility index (Phi) is 8.46. The molecule has 0 spiro atoms. The van der Waals surface area contributed by atoms with Crippen LogP contribution in [0.1, 0.15) is 24.0 Å². The third-order valence-corrected chi connectivity index (χ3v) is 5.14. The summed E-state index contributed by atoms with van der Waals surface area (Å²) in [5, 5.41) is 33.2. The van der Waals surface area contributed by atoms with Crippen LogP contribution in [0.15, 0.2) is 54.6 Å². The van der Waals surface area contributed by atoms with Crippen molar-refractivity contribution in [2.75, 3.05) is 11.1 Å². The van der Waals surface area contributed by atoms with Crippen LogP contribution in [0.3, 0.4) is 0 Å². The van der Waals surface area contributed by atoms with Gasteiger partial charge in [0.25, 0.3) is 0 Å². The average Bonchev–Trinajstić information content (AvgIpc) is 2.76. The lowest BCUT2D eigenvalue weighted by atomic mass is 9.97. The van der Waals surface area contributed by atoms with Crippen molar-refractivity contribution in [2.24, 2.45) is 5.92 Å². The number of aliphatic carboxylic acids is 2. The van der Waals surface area contributed by atoms with Gasteiger partial charge in [-0.1, -0.05) is 30.3 Å². The second kappa shape index (κ2) is 11.0. The number of nitriles is 1. The minimum Gasteiger partial charge on any atom is -0.481 e. The zero-order chi connectivity index (χ0) is 22.9. The van der Waals surface area contributed by atoms with Crippen LogP contribution < -0.4 is 10.6 Å². The predicted molar refractivity (Wildman–Crippen MR) is 118 cm³/mol. The number of carboxylic acids is 2. The summed E-state index contributed by atoms with van der Waals surface area (Å²) in [6.45, 7) is 0. The Balaban J connectivity index is 2.30. The number of carbonyl (C=O) groups excluding carboxylic acids is 1. The Hall–Kier alpha value is -3.51. The molecule has 9 heteroatoms. The molecule has 2 atom stereocenters. The number of nitrogens with one attached hydrogen (secondary N) is 2. The van der Waals surface area contributed by atoms with Gasteiger partial charge in [0.1, 0.15) is 0 Å². The van der Waals surface area contributed by atoms with Gasteiger partial charge in [0.2, 0.25) is 11.6 Å². The van der Waals surface area contributed by atoms with Gasteiger partial charge >= 0.3 is 11.9 Å². The first-order valence-electron chi connectivity index (χ1n) is 9.50. The molecule has 0 bridgehead atoms. The van der Waals surface area contributed by atoms with E-state index >= 15 is 0 Å². The summed E-state index contributed by atoms with van der Waals surface area (Å²) in [6, 6.07) is 17.1. The molecule has 2 rings (SSSR count). The molecule has 0 fully saturated rings. The van der Waals surface area contributed by atoms with E-state index in [9.17, 15) is 19.5 Å². The number of hydrogen-bond acceptors (Lipinski definition) is 6. The number of rotatable bonds is 11.